The Morgan fingerprint density at radius 3 is 2.18 bits per heavy atom. The van der Waals surface area contributed by atoms with Gasteiger partial charge in [0.2, 0.25) is 0 Å². The summed E-state index contributed by atoms with van der Waals surface area (Å²) in [4.78, 5) is 28.1. The van der Waals surface area contributed by atoms with E-state index in [1.165, 1.54) is 101 Å². The molecule has 0 saturated carbocycles. The maximum absolute atomic E-state index is 13.6. The zero-order valence-corrected chi connectivity index (χ0v) is 35.1. The second kappa shape index (κ2) is 25.2. The number of aliphatic hydroxyl groups excluding tert-OH is 2. The highest BCUT2D eigenvalue weighted by Crippen LogP contribution is 2.38. The molecule has 6 atom stereocenters. The number of esters is 1. The summed E-state index contributed by atoms with van der Waals surface area (Å²) in [6.45, 7) is 4.55. The Bertz CT molecular complexity index is 1670. The van der Waals surface area contributed by atoms with Gasteiger partial charge in [0.15, 0.2) is 18.0 Å². The zero-order chi connectivity index (χ0) is 41.0. The summed E-state index contributed by atoms with van der Waals surface area (Å²) >= 11 is 5.17. The van der Waals surface area contributed by atoms with Crippen molar-refractivity contribution in [3.8, 4) is 5.75 Å². The molecule has 0 spiro atoms. The minimum atomic E-state index is -2.85. The maximum Gasteiger partial charge on any atom is 0.653 e. The SMILES string of the molecule is CCCCCCCCCCCCCCCCOCCCOC(=O)[C@@H](C)N(Oc1ccccc1)[P+](=O)OCC1O[C@@H](n2cc(C(N)=S)c3c(N)ncnc32)[C@H](O)[C@@H]1O. The first-order valence-corrected chi connectivity index (χ1v) is 22.0. The lowest BCUT2D eigenvalue weighted by molar-refractivity contribution is -0.155. The van der Waals surface area contributed by atoms with E-state index in [1.807, 2.05) is 0 Å². The van der Waals surface area contributed by atoms with Crippen LogP contribution in [0.2, 0.25) is 0 Å². The van der Waals surface area contributed by atoms with Gasteiger partial charge in [-0.15, -0.1) is 4.52 Å². The second-order valence-corrected chi connectivity index (χ2v) is 16.0. The fourth-order valence-electron chi connectivity index (χ4n) is 6.67. The third-order valence-electron chi connectivity index (χ3n) is 9.96. The van der Waals surface area contributed by atoms with E-state index in [9.17, 15) is 19.6 Å². The first kappa shape index (κ1) is 46.4. The number of nitrogens with zero attached hydrogens (tertiary/aromatic N) is 4. The molecular weight excluding hydrogens is 772 g/mol. The number of hydrogen-bond donors (Lipinski definition) is 4. The van der Waals surface area contributed by atoms with E-state index in [2.05, 4.69) is 16.9 Å². The van der Waals surface area contributed by atoms with Gasteiger partial charge >= 0.3 is 14.1 Å². The Kier molecular flexibility index (Phi) is 20.5. The number of unbranched alkanes of at least 4 members (excludes halogenated alkanes) is 13. The van der Waals surface area contributed by atoms with Crippen LogP contribution in [-0.4, -0.2) is 91.3 Å². The summed E-state index contributed by atoms with van der Waals surface area (Å²) in [6.07, 6.45) is 16.3. The Hall–Kier alpha value is -3.34. The third-order valence-corrected chi connectivity index (χ3v) is 11.3. The highest BCUT2D eigenvalue weighted by molar-refractivity contribution is 7.80. The lowest BCUT2D eigenvalue weighted by atomic mass is 10.0. The molecule has 4 rings (SSSR count). The van der Waals surface area contributed by atoms with E-state index < -0.39 is 51.3 Å². The van der Waals surface area contributed by atoms with Crippen LogP contribution >= 0.6 is 20.4 Å². The number of aliphatic hydroxyl groups is 2. The van der Waals surface area contributed by atoms with Crippen molar-refractivity contribution in [3.05, 3.63) is 48.4 Å². The van der Waals surface area contributed by atoms with E-state index in [0.717, 1.165) is 17.7 Å². The molecule has 0 radical (unpaired) electrons. The molecule has 3 heterocycles. The number of nitrogens with two attached hydrogens (primary N) is 2. The maximum atomic E-state index is 13.6. The van der Waals surface area contributed by atoms with Crippen molar-refractivity contribution in [3.63, 3.8) is 0 Å². The Labute approximate surface area is 342 Å². The summed E-state index contributed by atoms with van der Waals surface area (Å²) in [6, 6.07) is 7.35. The minimum absolute atomic E-state index is 0.0278. The van der Waals surface area contributed by atoms with Crippen molar-refractivity contribution >= 4 is 48.2 Å². The van der Waals surface area contributed by atoms with Gasteiger partial charge in [-0.05, 0) is 30.0 Å². The second-order valence-electron chi connectivity index (χ2n) is 14.5. The van der Waals surface area contributed by atoms with E-state index in [1.54, 1.807) is 30.3 Å². The first-order chi connectivity index (χ1) is 27.6. The molecule has 316 valence electrons. The molecule has 1 saturated heterocycles. The predicted octanol–water partition coefficient (Wildman–Crippen LogP) is 7.06. The van der Waals surface area contributed by atoms with Crippen molar-refractivity contribution in [2.75, 3.05) is 32.2 Å². The van der Waals surface area contributed by atoms with Gasteiger partial charge in [-0.3, -0.25) is 4.79 Å². The first-order valence-electron chi connectivity index (χ1n) is 20.4. The molecule has 0 aliphatic carbocycles. The highest BCUT2D eigenvalue weighted by Gasteiger charge is 2.48. The summed E-state index contributed by atoms with van der Waals surface area (Å²) in [5, 5.41) is 22.2. The highest BCUT2D eigenvalue weighted by atomic mass is 32.1. The van der Waals surface area contributed by atoms with E-state index >= 15 is 0 Å². The van der Waals surface area contributed by atoms with E-state index in [4.69, 9.17) is 47.3 Å². The number of para-hydroxylation sites is 1. The number of aromatic nitrogens is 3. The average molecular weight is 834 g/mol. The van der Waals surface area contributed by atoms with Crippen LogP contribution in [-0.2, 0) is 28.1 Å². The van der Waals surface area contributed by atoms with Gasteiger partial charge in [0.1, 0.15) is 52.5 Å². The Balaban J connectivity index is 1.17. The molecular formula is C40H62N6O9PS+. The van der Waals surface area contributed by atoms with Gasteiger partial charge in [-0.1, -0.05) is 121 Å². The monoisotopic (exact) mass is 833 g/mol. The van der Waals surface area contributed by atoms with Gasteiger partial charge in [0.25, 0.3) is 0 Å². The van der Waals surface area contributed by atoms with Gasteiger partial charge in [0, 0.05) is 31.4 Å². The number of hydroxylamine groups is 1. The van der Waals surface area contributed by atoms with Crippen molar-refractivity contribution in [1.29, 1.82) is 0 Å². The number of fused-ring (bicyclic) bond motifs is 1. The summed E-state index contributed by atoms with van der Waals surface area (Å²) in [5.41, 5.74) is 12.6. The number of anilines is 1. The van der Waals surface area contributed by atoms with Crippen LogP contribution in [0, 0.1) is 0 Å². The lowest BCUT2D eigenvalue weighted by Crippen LogP contribution is -2.39. The van der Waals surface area contributed by atoms with Crippen molar-refractivity contribution in [1.82, 2.24) is 19.4 Å². The number of nitrogen functional groups attached to an aromatic ring is 1. The van der Waals surface area contributed by atoms with Gasteiger partial charge in [-0.2, -0.15) is 0 Å². The number of hydrogen-bond acceptors (Lipinski definition) is 13. The number of carbonyl (C=O) groups excluding carboxylic acids is 1. The molecule has 15 nitrogen and oxygen atoms in total. The van der Waals surface area contributed by atoms with Crippen LogP contribution in [0.4, 0.5) is 5.82 Å². The topological polar surface area (TPSA) is 207 Å². The largest absolute Gasteiger partial charge is 0.653 e. The Morgan fingerprint density at radius 2 is 1.54 bits per heavy atom. The number of benzene rings is 1. The molecule has 2 unspecified atom stereocenters. The van der Waals surface area contributed by atoms with Gasteiger partial charge in [-0.25, -0.2) is 9.97 Å². The van der Waals surface area contributed by atoms with Crippen molar-refractivity contribution in [2.24, 2.45) is 5.73 Å². The fraction of sp³-hybridized carbons (Fsp3) is 0.650. The normalized spacial score (nSPS) is 18.9. The van der Waals surface area contributed by atoms with E-state index in [0.29, 0.717) is 36.3 Å². The molecule has 1 fully saturated rings. The van der Waals surface area contributed by atoms with Crippen LogP contribution in [0.25, 0.3) is 11.0 Å². The van der Waals surface area contributed by atoms with Crippen LogP contribution in [0.3, 0.4) is 0 Å². The molecule has 1 aliphatic rings. The van der Waals surface area contributed by atoms with Crippen LogP contribution in [0.5, 0.6) is 5.75 Å². The fourth-order valence-corrected chi connectivity index (χ4v) is 7.75. The molecule has 1 aliphatic heterocycles. The predicted molar refractivity (Wildman–Crippen MR) is 222 cm³/mol. The van der Waals surface area contributed by atoms with Crippen LogP contribution < -0.4 is 16.3 Å². The summed E-state index contributed by atoms with van der Waals surface area (Å²) < 4.78 is 37.8. The molecule has 0 bridgehead atoms. The number of ether oxygens (including phenoxy) is 3. The van der Waals surface area contributed by atoms with Crippen LogP contribution in [0.15, 0.2) is 42.9 Å². The molecule has 2 aromatic heterocycles. The minimum Gasteiger partial charge on any atom is -0.464 e. The molecule has 1 aromatic carbocycles. The molecule has 3 aromatic rings. The summed E-state index contributed by atoms with van der Waals surface area (Å²) in [5.74, 6) is -0.240. The zero-order valence-electron chi connectivity index (χ0n) is 33.4. The standard InChI is InChI=1S/C40H61N6O9PS/c1-3-4-5-6-7-8-9-10-11-12-13-14-15-19-23-51-24-20-25-52-40(49)29(2)46(55-30-21-17-16-18-22-30)56(50)53-27-32-34(47)35(48)39(54-32)45-26-31(37(42)57)33-36(41)43-28-44-38(33)45/h16-18,21-22,26,28-29,32,34-35,39,47-48H,3-15,19-20,23-25,27H2,1-2H3,(H3-,41,42,43,44,57)/p+1/t29-,32?,34-,35-,39-/m1/s1. The van der Waals surface area contributed by atoms with Crippen molar-refractivity contribution in [2.45, 2.75) is 141 Å². The van der Waals surface area contributed by atoms with Gasteiger partial charge in [0.05, 0.1) is 12.0 Å². The average Bonchev–Trinajstić information content (AvgIpc) is 3.74. The molecule has 57 heavy (non-hydrogen) atoms. The third kappa shape index (κ3) is 14.5. The number of rotatable bonds is 29. The summed E-state index contributed by atoms with van der Waals surface area (Å²) in [7, 11) is -2.85. The van der Waals surface area contributed by atoms with Crippen molar-refractivity contribution < 1.29 is 43.1 Å². The molecule has 6 N–H and O–H groups in total. The molecule has 0 amide bonds. The number of carbonyl (C=O) groups is 1. The van der Waals surface area contributed by atoms with E-state index in [-0.39, 0.29) is 23.1 Å². The smallest absolute Gasteiger partial charge is 0.464 e. The van der Waals surface area contributed by atoms with Crippen LogP contribution in [0.1, 0.15) is 122 Å². The molecule has 17 heteroatoms. The quantitative estimate of drug-likeness (QED) is 0.0182. The number of thiocarbonyl (C=S) groups is 1. The van der Waals surface area contributed by atoms with Gasteiger partial charge < -0.3 is 45.3 Å². The Morgan fingerprint density at radius 1 is 0.930 bits per heavy atom. The lowest BCUT2D eigenvalue weighted by Gasteiger charge is -2.18.